The van der Waals surface area contributed by atoms with Crippen LogP contribution in [-0.4, -0.2) is 127 Å². The second kappa shape index (κ2) is 13.8. The van der Waals surface area contributed by atoms with Gasteiger partial charge in [-0.2, -0.15) is 4.31 Å². The van der Waals surface area contributed by atoms with Gasteiger partial charge in [0.15, 0.2) is 6.29 Å². The Hall–Kier alpha value is -1.38. The van der Waals surface area contributed by atoms with Gasteiger partial charge in [0, 0.05) is 12.3 Å². The first kappa shape index (κ1) is 32.8. The number of rotatable bonds is 14. The van der Waals surface area contributed by atoms with Crippen LogP contribution in [0.15, 0.2) is 21.9 Å². The van der Waals surface area contributed by atoms with Crippen molar-refractivity contribution in [1.82, 2.24) is 14.5 Å². The summed E-state index contributed by atoms with van der Waals surface area (Å²) < 4.78 is 49.2. The van der Waals surface area contributed by atoms with Gasteiger partial charge in [-0.1, -0.05) is 0 Å². The predicted molar refractivity (Wildman–Crippen MR) is 122 cm³/mol. The summed E-state index contributed by atoms with van der Waals surface area (Å²) >= 11 is 0. The van der Waals surface area contributed by atoms with Crippen LogP contribution in [0.3, 0.4) is 0 Å². The van der Waals surface area contributed by atoms with Crippen LogP contribution in [0.2, 0.25) is 0 Å². The number of likely N-dealkylation sites (N-methyl/N-ethyl adjacent to an activating group) is 1. The highest BCUT2D eigenvalue weighted by Gasteiger charge is 2.49. The summed E-state index contributed by atoms with van der Waals surface area (Å²) in [5.74, 6) is 0. The molecule has 0 spiro atoms. The standard InChI is InChI=1S/C17H31N3O16P2/c1-19(2)13-14(25)10(6-22)34-16(15(13)26)35-38(30,31)36-37(28,29)33-7-11(9(23)5-21)32-8-20-4-3-12(24)18-17(20)27/h3-4,9-11,13-16,21-23,25-26H,5-8H2,1-2H3,(H,28,29)(H,30,31)(H,18,24,27)/t9?,10?,11-,13?,14-,15?,16-/m1/s1. The summed E-state index contributed by atoms with van der Waals surface area (Å²) in [5.41, 5.74) is -1.58. The van der Waals surface area contributed by atoms with Gasteiger partial charge in [-0.05, 0) is 14.1 Å². The zero-order valence-corrected chi connectivity index (χ0v) is 21.9. The number of hydrogen-bond acceptors (Lipinski definition) is 15. The van der Waals surface area contributed by atoms with Crippen LogP contribution in [0.4, 0.5) is 0 Å². The Balaban J connectivity index is 2.05. The molecule has 8 N–H and O–H groups in total. The number of hydrogen-bond donors (Lipinski definition) is 8. The minimum absolute atomic E-state index is 0.610. The molecule has 1 aromatic rings. The lowest BCUT2D eigenvalue weighted by atomic mass is 9.95. The van der Waals surface area contributed by atoms with Gasteiger partial charge < -0.3 is 49.7 Å². The first-order valence-corrected chi connectivity index (χ1v) is 13.8. The maximum Gasteiger partial charge on any atom is 0.483 e. The van der Waals surface area contributed by atoms with Crippen molar-refractivity contribution in [3.63, 3.8) is 0 Å². The third kappa shape index (κ3) is 9.09. The first-order chi connectivity index (χ1) is 17.6. The molecule has 21 heteroatoms. The second-order valence-electron chi connectivity index (χ2n) is 8.24. The summed E-state index contributed by atoms with van der Waals surface area (Å²) in [6.45, 7) is -3.32. The second-order valence-corrected chi connectivity index (χ2v) is 11.2. The van der Waals surface area contributed by atoms with E-state index < -0.39 is 96.3 Å². The SMILES string of the molecule is CN(C)C1C(O)[C@@H](OP(=O)(O)OP(=O)(O)OC[C@@H](OCn2ccc(=O)[nH]c2=O)C(O)CO)OC(CO)[C@H]1O. The largest absolute Gasteiger partial charge is 0.483 e. The first-order valence-electron chi connectivity index (χ1n) is 10.8. The normalized spacial score (nSPS) is 28.9. The van der Waals surface area contributed by atoms with Crippen molar-refractivity contribution >= 4 is 15.6 Å². The molecule has 0 saturated carbocycles. The third-order valence-corrected chi connectivity index (χ3v) is 7.83. The van der Waals surface area contributed by atoms with E-state index in [1.807, 2.05) is 4.98 Å². The summed E-state index contributed by atoms with van der Waals surface area (Å²) in [6, 6.07) is -0.152. The lowest BCUT2D eigenvalue weighted by Gasteiger charge is -2.44. The van der Waals surface area contributed by atoms with E-state index in [0.717, 1.165) is 16.8 Å². The predicted octanol–water partition coefficient (Wildman–Crippen LogP) is -4.15. The van der Waals surface area contributed by atoms with Crippen LogP contribution in [0.1, 0.15) is 0 Å². The molecule has 0 amide bonds. The highest BCUT2D eigenvalue weighted by molar-refractivity contribution is 7.61. The van der Waals surface area contributed by atoms with Crippen LogP contribution in [-0.2, 0) is 38.7 Å². The molecule has 0 aliphatic carbocycles. The van der Waals surface area contributed by atoms with Crippen LogP contribution in [0.5, 0.6) is 0 Å². The Labute approximate surface area is 214 Å². The Bertz CT molecular complexity index is 1110. The topological polar surface area (TPSA) is 280 Å². The number of phosphoric ester groups is 2. The van der Waals surface area contributed by atoms with Gasteiger partial charge in [0.05, 0.1) is 25.9 Å². The van der Waals surface area contributed by atoms with Gasteiger partial charge in [0.25, 0.3) is 5.56 Å². The van der Waals surface area contributed by atoms with Crippen molar-refractivity contribution in [1.29, 1.82) is 0 Å². The Kier molecular flexibility index (Phi) is 11.9. The molecular formula is C17H31N3O16P2. The highest BCUT2D eigenvalue weighted by Crippen LogP contribution is 2.61. The lowest BCUT2D eigenvalue weighted by molar-refractivity contribution is -0.266. The molecule has 220 valence electrons. The smallest absolute Gasteiger partial charge is 0.394 e. The Morgan fingerprint density at radius 3 is 2.37 bits per heavy atom. The molecule has 0 aromatic carbocycles. The van der Waals surface area contributed by atoms with Crippen LogP contribution in [0.25, 0.3) is 0 Å². The van der Waals surface area contributed by atoms with E-state index in [0.29, 0.717) is 0 Å². The van der Waals surface area contributed by atoms with E-state index >= 15 is 0 Å². The van der Waals surface area contributed by atoms with E-state index in [2.05, 4.69) is 13.4 Å². The average Bonchev–Trinajstić information content (AvgIpc) is 2.80. The fraction of sp³-hybridized carbons (Fsp3) is 0.765. The van der Waals surface area contributed by atoms with Gasteiger partial charge >= 0.3 is 21.3 Å². The fourth-order valence-electron chi connectivity index (χ4n) is 3.35. The molecule has 0 radical (unpaired) electrons. The number of aliphatic hydroxyl groups is 5. The van der Waals surface area contributed by atoms with Gasteiger partial charge in [-0.15, -0.1) is 0 Å². The zero-order chi connectivity index (χ0) is 28.8. The molecule has 6 unspecified atom stereocenters. The molecule has 2 heterocycles. The number of aliphatic hydroxyl groups excluding tert-OH is 5. The fourth-order valence-corrected chi connectivity index (χ4v) is 5.51. The van der Waals surface area contributed by atoms with Gasteiger partial charge in [0.2, 0.25) is 0 Å². The molecule has 2 rings (SSSR count). The molecule has 1 aromatic heterocycles. The number of aromatic amines is 1. The number of phosphoric acid groups is 2. The zero-order valence-electron chi connectivity index (χ0n) is 20.1. The molecule has 1 fully saturated rings. The molecule has 1 saturated heterocycles. The molecule has 1 aliphatic rings. The summed E-state index contributed by atoms with van der Waals surface area (Å²) in [7, 11) is -8.09. The lowest BCUT2D eigenvalue weighted by Crippen LogP contribution is -2.63. The summed E-state index contributed by atoms with van der Waals surface area (Å²) in [5, 5.41) is 49.1. The highest BCUT2D eigenvalue weighted by atomic mass is 31.3. The van der Waals surface area contributed by atoms with Crippen LogP contribution in [0, 0.1) is 0 Å². The van der Waals surface area contributed by atoms with Crippen molar-refractivity contribution in [2.24, 2.45) is 0 Å². The monoisotopic (exact) mass is 595 g/mol. The molecule has 19 nitrogen and oxygen atoms in total. The average molecular weight is 595 g/mol. The van der Waals surface area contributed by atoms with Gasteiger partial charge in [-0.3, -0.25) is 23.4 Å². The van der Waals surface area contributed by atoms with E-state index in [-0.39, 0.29) is 0 Å². The van der Waals surface area contributed by atoms with Crippen LogP contribution >= 0.6 is 15.6 Å². The van der Waals surface area contributed by atoms with E-state index in [4.69, 9.17) is 9.47 Å². The third-order valence-electron chi connectivity index (χ3n) is 5.23. The number of ether oxygens (including phenoxy) is 2. The number of nitrogens with zero attached hydrogens (tertiary/aromatic N) is 2. The van der Waals surface area contributed by atoms with Crippen LogP contribution < -0.4 is 11.2 Å². The Morgan fingerprint density at radius 1 is 1.16 bits per heavy atom. The van der Waals surface area contributed by atoms with Crippen molar-refractivity contribution in [2.75, 3.05) is 33.9 Å². The Morgan fingerprint density at radius 2 is 1.82 bits per heavy atom. The number of H-pyrrole nitrogens is 1. The maximum absolute atomic E-state index is 12.4. The summed E-state index contributed by atoms with van der Waals surface area (Å²) in [4.78, 5) is 46.0. The minimum atomic E-state index is -5.54. The van der Waals surface area contributed by atoms with E-state index in [9.17, 15) is 54.0 Å². The number of aromatic nitrogens is 2. The van der Waals surface area contributed by atoms with Gasteiger partial charge in [0.1, 0.15) is 37.3 Å². The number of nitrogens with one attached hydrogen (secondary N) is 1. The van der Waals surface area contributed by atoms with Crippen molar-refractivity contribution in [2.45, 2.75) is 49.6 Å². The molecule has 0 bridgehead atoms. The van der Waals surface area contributed by atoms with Gasteiger partial charge in [-0.25, -0.2) is 13.9 Å². The summed E-state index contributed by atoms with van der Waals surface area (Å²) in [6.07, 6.45) is -8.83. The van der Waals surface area contributed by atoms with E-state index in [1.54, 1.807) is 0 Å². The molecule has 9 atom stereocenters. The minimum Gasteiger partial charge on any atom is -0.394 e. The molecule has 38 heavy (non-hydrogen) atoms. The maximum atomic E-state index is 12.4. The van der Waals surface area contributed by atoms with E-state index in [1.165, 1.54) is 19.0 Å². The molecular weight excluding hydrogens is 564 g/mol. The van der Waals surface area contributed by atoms with Crippen molar-refractivity contribution in [3.8, 4) is 0 Å². The van der Waals surface area contributed by atoms with Crippen molar-refractivity contribution < 1.29 is 67.3 Å². The molecule has 1 aliphatic heterocycles. The quantitative estimate of drug-likeness (QED) is 0.0947. The van der Waals surface area contributed by atoms with Crippen molar-refractivity contribution in [3.05, 3.63) is 33.1 Å².